The molecule has 1 fully saturated rings. The average molecular weight is 252 g/mol. The number of nitrogens with zero attached hydrogens (tertiary/aromatic N) is 3. The maximum absolute atomic E-state index is 11.6. The number of nitrogens with one attached hydrogen (secondary N) is 1. The Balaban J connectivity index is 1.96. The Morgan fingerprint density at radius 2 is 2.50 bits per heavy atom. The molecule has 1 saturated heterocycles. The van der Waals surface area contributed by atoms with Gasteiger partial charge in [0.05, 0.1) is 24.8 Å². The first-order valence-electron chi connectivity index (χ1n) is 6.21. The molecular formula is C12H20N4O2. The molecule has 100 valence electrons. The van der Waals surface area contributed by atoms with Crippen LogP contribution in [0.15, 0.2) is 12.5 Å². The highest BCUT2D eigenvalue weighted by Gasteiger charge is 2.19. The predicted octanol–water partition coefficient (Wildman–Crippen LogP) is 0.0223. The minimum Gasteiger partial charge on any atom is -0.369 e. The molecule has 0 aliphatic carbocycles. The maximum atomic E-state index is 11.6. The van der Waals surface area contributed by atoms with E-state index in [1.54, 1.807) is 25.3 Å². The molecule has 6 heteroatoms. The molecule has 1 aliphatic rings. The predicted molar refractivity (Wildman–Crippen MR) is 67.1 cm³/mol. The van der Waals surface area contributed by atoms with E-state index in [2.05, 4.69) is 10.3 Å². The van der Waals surface area contributed by atoms with Crippen LogP contribution in [-0.2, 0) is 16.1 Å². The van der Waals surface area contributed by atoms with Gasteiger partial charge >= 0.3 is 0 Å². The van der Waals surface area contributed by atoms with E-state index in [1.165, 1.54) is 0 Å². The molecule has 18 heavy (non-hydrogen) atoms. The van der Waals surface area contributed by atoms with Gasteiger partial charge in [0, 0.05) is 40.2 Å². The fourth-order valence-corrected chi connectivity index (χ4v) is 1.98. The lowest BCUT2D eigenvalue weighted by Crippen LogP contribution is -2.34. The van der Waals surface area contributed by atoms with E-state index in [0.717, 1.165) is 18.8 Å². The maximum Gasteiger partial charge on any atom is 0.223 e. The van der Waals surface area contributed by atoms with Crippen LogP contribution < -0.4 is 5.32 Å². The molecule has 1 aromatic heterocycles. The molecule has 6 nitrogen and oxygen atoms in total. The number of aromatic nitrogens is 2. The van der Waals surface area contributed by atoms with E-state index in [9.17, 15) is 4.79 Å². The van der Waals surface area contributed by atoms with Crippen LogP contribution in [0.4, 0.5) is 0 Å². The molecular weight excluding hydrogens is 232 g/mol. The van der Waals surface area contributed by atoms with Crippen LogP contribution in [0.3, 0.4) is 0 Å². The zero-order valence-electron chi connectivity index (χ0n) is 10.9. The van der Waals surface area contributed by atoms with Crippen molar-refractivity contribution in [2.75, 3.05) is 33.8 Å². The lowest BCUT2D eigenvalue weighted by molar-refractivity contribution is -0.128. The van der Waals surface area contributed by atoms with Crippen LogP contribution in [0.5, 0.6) is 0 Å². The molecule has 2 heterocycles. The Kier molecular flexibility index (Phi) is 4.33. The highest BCUT2D eigenvalue weighted by atomic mass is 16.5. The third-order valence-electron chi connectivity index (χ3n) is 3.07. The van der Waals surface area contributed by atoms with Gasteiger partial charge in [-0.05, 0) is 0 Å². The van der Waals surface area contributed by atoms with Gasteiger partial charge in [0.2, 0.25) is 5.91 Å². The molecule has 1 amide bonds. The largest absolute Gasteiger partial charge is 0.369 e. The van der Waals surface area contributed by atoms with Gasteiger partial charge in [-0.15, -0.1) is 0 Å². The van der Waals surface area contributed by atoms with Crippen molar-refractivity contribution >= 4 is 5.91 Å². The third-order valence-corrected chi connectivity index (χ3v) is 3.07. The van der Waals surface area contributed by atoms with Crippen LogP contribution >= 0.6 is 0 Å². The second-order valence-corrected chi connectivity index (χ2v) is 4.61. The Labute approximate surface area is 107 Å². The summed E-state index contributed by atoms with van der Waals surface area (Å²) in [5, 5.41) is 3.29. The number of carbonyl (C=O) groups excluding carboxylic acids is 1. The summed E-state index contributed by atoms with van der Waals surface area (Å²) in [5.41, 5.74) is 1.04. The van der Waals surface area contributed by atoms with Crippen molar-refractivity contribution in [3.05, 3.63) is 18.2 Å². The molecule has 0 spiro atoms. The average Bonchev–Trinajstić information content (AvgIpc) is 2.85. The first-order chi connectivity index (χ1) is 8.68. The van der Waals surface area contributed by atoms with Crippen molar-refractivity contribution in [2.45, 2.75) is 19.1 Å². The highest BCUT2D eigenvalue weighted by Crippen LogP contribution is 2.18. The van der Waals surface area contributed by atoms with Crippen LogP contribution in [0, 0.1) is 0 Å². The van der Waals surface area contributed by atoms with Crippen molar-refractivity contribution in [3.8, 4) is 0 Å². The second kappa shape index (κ2) is 5.97. The molecule has 1 atom stereocenters. The van der Waals surface area contributed by atoms with E-state index in [1.807, 2.05) is 10.8 Å². The molecule has 0 radical (unpaired) electrons. The number of hydrogen-bond acceptors (Lipinski definition) is 4. The first-order valence-corrected chi connectivity index (χ1v) is 6.21. The molecule has 0 saturated carbocycles. The molecule has 2 rings (SSSR count). The van der Waals surface area contributed by atoms with Crippen LogP contribution in [0.25, 0.3) is 0 Å². The first kappa shape index (κ1) is 13.0. The van der Waals surface area contributed by atoms with Crippen molar-refractivity contribution in [1.29, 1.82) is 0 Å². The van der Waals surface area contributed by atoms with E-state index >= 15 is 0 Å². The van der Waals surface area contributed by atoms with E-state index in [4.69, 9.17) is 4.74 Å². The fourth-order valence-electron chi connectivity index (χ4n) is 1.98. The van der Waals surface area contributed by atoms with Gasteiger partial charge < -0.3 is 19.5 Å². The van der Waals surface area contributed by atoms with E-state index in [-0.39, 0.29) is 12.0 Å². The van der Waals surface area contributed by atoms with Gasteiger partial charge in [0.1, 0.15) is 6.10 Å². The standard InChI is InChI=1S/C12H20N4O2/c1-15(2)12(17)3-5-16-9-14-7-10(16)11-8-13-4-6-18-11/h7,9,11,13H,3-6,8H2,1-2H3. The minimum absolute atomic E-state index is 0.0377. The number of carbonyl (C=O) groups is 1. The SMILES string of the molecule is CN(C)C(=O)CCn1cncc1C1CNCCO1. The number of aryl methyl sites for hydroxylation is 1. The number of ether oxygens (including phenoxy) is 1. The monoisotopic (exact) mass is 252 g/mol. The smallest absolute Gasteiger partial charge is 0.223 e. The fraction of sp³-hybridized carbons (Fsp3) is 0.667. The quantitative estimate of drug-likeness (QED) is 0.821. The summed E-state index contributed by atoms with van der Waals surface area (Å²) >= 11 is 0. The van der Waals surface area contributed by atoms with E-state index in [0.29, 0.717) is 19.6 Å². The highest BCUT2D eigenvalue weighted by molar-refractivity contribution is 5.75. The Morgan fingerprint density at radius 1 is 1.67 bits per heavy atom. The minimum atomic E-state index is 0.0377. The van der Waals surface area contributed by atoms with Crippen LogP contribution in [0.2, 0.25) is 0 Å². The van der Waals surface area contributed by atoms with Gasteiger partial charge in [-0.2, -0.15) is 0 Å². The summed E-state index contributed by atoms with van der Waals surface area (Å²) in [4.78, 5) is 17.3. The Bertz CT molecular complexity index is 397. The number of amides is 1. The second-order valence-electron chi connectivity index (χ2n) is 4.61. The summed E-state index contributed by atoms with van der Waals surface area (Å²) < 4.78 is 7.70. The summed E-state index contributed by atoms with van der Waals surface area (Å²) in [5.74, 6) is 0.123. The molecule has 0 aromatic carbocycles. The van der Waals surface area contributed by atoms with Crippen molar-refractivity contribution in [3.63, 3.8) is 0 Å². The molecule has 1 N–H and O–H groups in total. The normalized spacial score (nSPS) is 19.8. The van der Waals surface area contributed by atoms with Crippen molar-refractivity contribution < 1.29 is 9.53 Å². The van der Waals surface area contributed by atoms with E-state index < -0.39 is 0 Å². The zero-order chi connectivity index (χ0) is 13.0. The van der Waals surface area contributed by atoms with Crippen LogP contribution in [-0.4, -0.2) is 54.1 Å². The molecule has 1 unspecified atom stereocenters. The Morgan fingerprint density at radius 3 is 3.17 bits per heavy atom. The van der Waals surface area contributed by atoms with Crippen molar-refractivity contribution in [2.24, 2.45) is 0 Å². The summed E-state index contributed by atoms with van der Waals surface area (Å²) in [6.07, 6.45) is 4.10. The number of morpholine rings is 1. The number of imidazole rings is 1. The molecule has 0 bridgehead atoms. The van der Waals surface area contributed by atoms with Gasteiger partial charge in [0.25, 0.3) is 0 Å². The van der Waals surface area contributed by atoms with Gasteiger partial charge in [-0.3, -0.25) is 4.79 Å². The van der Waals surface area contributed by atoms with Crippen molar-refractivity contribution in [1.82, 2.24) is 19.8 Å². The lowest BCUT2D eigenvalue weighted by Gasteiger charge is -2.24. The third kappa shape index (κ3) is 3.08. The summed E-state index contributed by atoms with van der Waals surface area (Å²) in [7, 11) is 3.54. The summed E-state index contributed by atoms with van der Waals surface area (Å²) in [6, 6.07) is 0. The van der Waals surface area contributed by atoms with Gasteiger partial charge in [-0.25, -0.2) is 4.98 Å². The Hall–Kier alpha value is -1.40. The topological polar surface area (TPSA) is 59.4 Å². The summed E-state index contributed by atoms with van der Waals surface area (Å²) in [6.45, 7) is 3.05. The zero-order valence-corrected chi connectivity index (χ0v) is 10.9. The lowest BCUT2D eigenvalue weighted by atomic mass is 10.2. The number of rotatable bonds is 4. The van der Waals surface area contributed by atoms with Gasteiger partial charge in [0.15, 0.2) is 0 Å². The van der Waals surface area contributed by atoms with Crippen LogP contribution in [0.1, 0.15) is 18.2 Å². The molecule has 1 aliphatic heterocycles. The molecule has 1 aromatic rings. The van der Waals surface area contributed by atoms with Gasteiger partial charge in [-0.1, -0.05) is 0 Å². The number of hydrogen-bond donors (Lipinski definition) is 1.